The summed E-state index contributed by atoms with van der Waals surface area (Å²) in [5.74, 6) is 1.11. The van der Waals surface area contributed by atoms with E-state index in [4.69, 9.17) is 9.40 Å². The Bertz CT molecular complexity index is 2110. The number of hydrogen-bond donors (Lipinski definition) is 3. The zero-order valence-corrected chi connectivity index (χ0v) is 25.1. The van der Waals surface area contributed by atoms with Gasteiger partial charge in [0.05, 0.1) is 18.3 Å². The lowest BCUT2D eigenvalue weighted by Crippen LogP contribution is -2.21. The molecule has 7 rings (SSSR count). The van der Waals surface area contributed by atoms with E-state index in [0.29, 0.717) is 40.5 Å². The fraction of sp³-hybridized carbons (Fsp3) is 0.222. The fourth-order valence-electron chi connectivity index (χ4n) is 6.23. The van der Waals surface area contributed by atoms with Gasteiger partial charge in [0, 0.05) is 48.7 Å². The molecule has 9 nitrogen and oxygen atoms in total. The molecule has 4 heterocycles. The lowest BCUT2D eigenvalue weighted by Gasteiger charge is -2.17. The second-order valence-electron chi connectivity index (χ2n) is 11.6. The Hall–Kier alpha value is -5.14. The van der Waals surface area contributed by atoms with E-state index in [1.807, 2.05) is 43.5 Å². The van der Waals surface area contributed by atoms with Crippen LogP contribution in [0, 0.1) is 25.2 Å². The molecule has 3 aromatic heterocycles. The fourth-order valence-corrected chi connectivity index (χ4v) is 6.23. The molecule has 1 fully saturated rings. The number of aliphatic hydroxyl groups excluding tert-OH is 2. The molecule has 0 amide bonds. The van der Waals surface area contributed by atoms with Gasteiger partial charge >= 0.3 is 0 Å². The van der Waals surface area contributed by atoms with Gasteiger partial charge in [-0.15, -0.1) is 0 Å². The van der Waals surface area contributed by atoms with Gasteiger partial charge in [0.25, 0.3) is 0 Å². The van der Waals surface area contributed by atoms with Gasteiger partial charge in [-0.3, -0.25) is 9.88 Å². The molecule has 3 aromatic carbocycles. The van der Waals surface area contributed by atoms with E-state index < -0.39 is 0 Å². The highest BCUT2D eigenvalue weighted by atomic mass is 16.3. The SMILES string of the molecule is Cc1c(Nc2nccc3cc(CN4CCC(O)C4)cnc23)cccc1-c1cccc(-c2nc3cc(CO)cc(C#N)c3o2)c1C. The first kappa shape index (κ1) is 28.6. The Morgan fingerprint density at radius 2 is 1.80 bits per heavy atom. The van der Waals surface area contributed by atoms with Gasteiger partial charge in [-0.05, 0) is 90.0 Å². The number of fused-ring (bicyclic) bond motifs is 2. The van der Waals surface area contributed by atoms with Gasteiger partial charge in [-0.1, -0.05) is 24.3 Å². The van der Waals surface area contributed by atoms with E-state index in [2.05, 4.69) is 51.4 Å². The summed E-state index contributed by atoms with van der Waals surface area (Å²) in [5, 5.41) is 33.7. The summed E-state index contributed by atoms with van der Waals surface area (Å²) in [6, 6.07) is 21.8. The van der Waals surface area contributed by atoms with Gasteiger partial charge in [0.1, 0.15) is 17.1 Å². The number of aromatic nitrogens is 3. The molecule has 9 heteroatoms. The highest BCUT2D eigenvalue weighted by Crippen LogP contribution is 2.37. The summed E-state index contributed by atoms with van der Waals surface area (Å²) in [5.41, 5.74) is 9.70. The summed E-state index contributed by atoms with van der Waals surface area (Å²) in [6.07, 6.45) is 4.26. The molecular formula is C36H32N6O3. The zero-order chi connectivity index (χ0) is 31.1. The Balaban J connectivity index is 1.21. The molecule has 224 valence electrons. The van der Waals surface area contributed by atoms with E-state index in [-0.39, 0.29) is 12.7 Å². The van der Waals surface area contributed by atoms with Crippen molar-refractivity contribution in [1.29, 1.82) is 5.26 Å². The number of oxazole rings is 1. The molecule has 0 bridgehead atoms. The van der Waals surface area contributed by atoms with E-state index >= 15 is 0 Å². The van der Waals surface area contributed by atoms with Crippen LogP contribution in [0.1, 0.15) is 34.2 Å². The maximum Gasteiger partial charge on any atom is 0.227 e. The lowest BCUT2D eigenvalue weighted by atomic mass is 9.93. The number of benzene rings is 3. The van der Waals surface area contributed by atoms with Gasteiger partial charge < -0.3 is 19.9 Å². The predicted molar refractivity (Wildman–Crippen MR) is 174 cm³/mol. The number of nitrogens with one attached hydrogen (secondary N) is 1. The molecule has 3 N–H and O–H groups in total. The first-order chi connectivity index (χ1) is 21.9. The van der Waals surface area contributed by atoms with Crippen molar-refractivity contribution < 1.29 is 14.6 Å². The Kier molecular flexibility index (Phi) is 7.47. The third-order valence-electron chi connectivity index (χ3n) is 8.60. The molecule has 6 aromatic rings. The van der Waals surface area contributed by atoms with E-state index in [9.17, 15) is 15.5 Å². The van der Waals surface area contributed by atoms with Crippen molar-refractivity contribution in [1.82, 2.24) is 19.9 Å². The number of hydrogen-bond acceptors (Lipinski definition) is 9. The highest BCUT2D eigenvalue weighted by molar-refractivity contribution is 5.91. The Morgan fingerprint density at radius 3 is 2.58 bits per heavy atom. The maximum absolute atomic E-state index is 9.89. The van der Waals surface area contributed by atoms with Crippen LogP contribution in [-0.4, -0.2) is 49.3 Å². The number of nitrogens with zero attached hydrogens (tertiary/aromatic N) is 5. The number of anilines is 2. The van der Waals surface area contributed by atoms with Crippen LogP contribution in [0.4, 0.5) is 11.5 Å². The highest BCUT2D eigenvalue weighted by Gasteiger charge is 2.21. The van der Waals surface area contributed by atoms with Gasteiger partial charge in [-0.25, -0.2) is 9.97 Å². The molecule has 1 aliphatic rings. The second kappa shape index (κ2) is 11.7. The van der Waals surface area contributed by atoms with Crippen LogP contribution in [0.25, 0.3) is 44.6 Å². The van der Waals surface area contributed by atoms with Crippen molar-refractivity contribution in [3.05, 3.63) is 101 Å². The van der Waals surface area contributed by atoms with Crippen LogP contribution in [0.15, 0.2) is 77.5 Å². The average molecular weight is 597 g/mol. The van der Waals surface area contributed by atoms with Crippen LogP contribution < -0.4 is 5.32 Å². The minimum atomic E-state index is -0.246. The molecule has 0 radical (unpaired) electrons. The van der Waals surface area contributed by atoms with Crippen molar-refractivity contribution in [3.63, 3.8) is 0 Å². The maximum atomic E-state index is 9.89. The van der Waals surface area contributed by atoms with Crippen molar-refractivity contribution in [2.75, 3.05) is 18.4 Å². The standard InChI is InChI=1S/C36H32N6O3/c1-21-28(5-3-7-30(21)36-41-32-15-23(20-43)13-26(16-37)34(32)45-36)29-6-4-8-31(22(29)2)40-35-33-25(9-11-38-35)14-24(17-39-33)18-42-12-10-27(44)19-42/h3-9,11,13-15,17,27,43-44H,10,12,18-20H2,1-2H3,(H,38,40). The molecule has 0 spiro atoms. The number of rotatable bonds is 7. The minimum absolute atomic E-state index is 0.180. The lowest BCUT2D eigenvalue weighted by molar-refractivity contribution is 0.175. The number of nitriles is 1. The summed E-state index contributed by atoms with van der Waals surface area (Å²) < 4.78 is 6.11. The quantitative estimate of drug-likeness (QED) is 0.192. The van der Waals surface area contributed by atoms with Crippen LogP contribution in [0.2, 0.25) is 0 Å². The van der Waals surface area contributed by atoms with Gasteiger partial charge in [0.2, 0.25) is 5.89 Å². The Labute approximate surface area is 260 Å². The zero-order valence-electron chi connectivity index (χ0n) is 25.1. The van der Waals surface area contributed by atoms with Crippen molar-refractivity contribution in [3.8, 4) is 28.7 Å². The topological polar surface area (TPSA) is 131 Å². The van der Waals surface area contributed by atoms with Crippen molar-refractivity contribution in [2.24, 2.45) is 0 Å². The van der Waals surface area contributed by atoms with Gasteiger partial charge in [-0.2, -0.15) is 5.26 Å². The van der Waals surface area contributed by atoms with Crippen LogP contribution in [0.5, 0.6) is 0 Å². The third-order valence-corrected chi connectivity index (χ3v) is 8.60. The largest absolute Gasteiger partial charge is 0.435 e. The first-order valence-corrected chi connectivity index (χ1v) is 15.0. The average Bonchev–Trinajstić information content (AvgIpc) is 3.67. The van der Waals surface area contributed by atoms with Crippen molar-refractivity contribution >= 4 is 33.5 Å². The minimum Gasteiger partial charge on any atom is -0.435 e. The monoisotopic (exact) mass is 596 g/mol. The molecule has 1 atom stereocenters. The summed E-state index contributed by atoms with van der Waals surface area (Å²) >= 11 is 0. The second-order valence-corrected chi connectivity index (χ2v) is 11.6. The normalized spacial score (nSPS) is 15.1. The summed E-state index contributed by atoms with van der Waals surface area (Å²) in [6.45, 7) is 6.29. The predicted octanol–water partition coefficient (Wildman–Crippen LogP) is 6.40. The first-order valence-electron chi connectivity index (χ1n) is 15.0. The smallest absolute Gasteiger partial charge is 0.227 e. The number of pyridine rings is 2. The molecule has 0 saturated carbocycles. The van der Waals surface area contributed by atoms with Crippen LogP contribution in [0.3, 0.4) is 0 Å². The van der Waals surface area contributed by atoms with Crippen LogP contribution in [-0.2, 0) is 13.2 Å². The number of likely N-dealkylation sites (tertiary alicyclic amines) is 1. The molecule has 1 unspecified atom stereocenters. The molecule has 45 heavy (non-hydrogen) atoms. The number of β-amino-alcohol motifs (C(OH)–C–C–N with tert-alkyl or cyclic N) is 1. The van der Waals surface area contributed by atoms with Crippen LogP contribution >= 0.6 is 0 Å². The molecule has 1 saturated heterocycles. The third kappa shape index (κ3) is 5.40. The van der Waals surface area contributed by atoms with E-state index in [0.717, 1.165) is 69.5 Å². The molecule has 1 aliphatic heterocycles. The Morgan fingerprint density at radius 1 is 1.00 bits per heavy atom. The summed E-state index contributed by atoms with van der Waals surface area (Å²) in [4.78, 5) is 16.4. The van der Waals surface area contributed by atoms with Gasteiger partial charge in [0.15, 0.2) is 11.4 Å². The molecular weight excluding hydrogens is 564 g/mol. The van der Waals surface area contributed by atoms with E-state index in [1.165, 1.54) is 0 Å². The molecule has 0 aliphatic carbocycles. The van der Waals surface area contributed by atoms with E-state index in [1.54, 1.807) is 18.3 Å². The van der Waals surface area contributed by atoms with Crippen molar-refractivity contribution in [2.45, 2.75) is 39.5 Å². The summed E-state index contributed by atoms with van der Waals surface area (Å²) in [7, 11) is 0. The number of aliphatic hydroxyl groups is 2.